The van der Waals surface area contributed by atoms with Gasteiger partial charge >= 0.3 is 6.09 Å². The van der Waals surface area contributed by atoms with Gasteiger partial charge in [0.1, 0.15) is 5.75 Å². The molecule has 0 radical (unpaired) electrons. The van der Waals surface area contributed by atoms with E-state index in [-0.39, 0.29) is 0 Å². The summed E-state index contributed by atoms with van der Waals surface area (Å²) in [6.45, 7) is 5.72. The number of carbonyl (C=O) groups excluding carboxylic acids is 1. The van der Waals surface area contributed by atoms with Crippen LogP contribution in [0.5, 0.6) is 5.75 Å². The number of hydrogen-bond donors (Lipinski definition) is 1. The number of amides is 1. The van der Waals surface area contributed by atoms with Crippen LogP contribution in [0.3, 0.4) is 0 Å². The summed E-state index contributed by atoms with van der Waals surface area (Å²) in [4.78, 5) is 11.2. The van der Waals surface area contributed by atoms with Crippen molar-refractivity contribution in [3.05, 3.63) is 41.6 Å². The van der Waals surface area contributed by atoms with Gasteiger partial charge in [0.25, 0.3) is 0 Å². The molecule has 0 fully saturated rings. The topological polar surface area (TPSA) is 38.3 Å². The van der Waals surface area contributed by atoms with E-state index in [1.807, 2.05) is 32.9 Å². The summed E-state index contributed by atoms with van der Waals surface area (Å²) in [7, 11) is 0. The van der Waals surface area contributed by atoms with Crippen LogP contribution in [0.15, 0.2) is 30.5 Å². The molecule has 0 atom stereocenters. The molecule has 1 aromatic rings. The van der Waals surface area contributed by atoms with Crippen molar-refractivity contribution in [1.82, 2.24) is 5.32 Å². The Morgan fingerprint density at radius 2 is 2.13 bits per heavy atom. The van der Waals surface area contributed by atoms with Crippen LogP contribution in [0.1, 0.15) is 18.1 Å². The fraction of sp³-hybridized carbons (Fsp3) is 0.250. The summed E-state index contributed by atoms with van der Waals surface area (Å²) in [6, 6.07) is 5.67. The van der Waals surface area contributed by atoms with Crippen molar-refractivity contribution in [3.8, 4) is 5.75 Å². The number of hydrogen-bond acceptors (Lipinski definition) is 2. The standard InChI is InChI=1S/C12H15NO2/c1-4-7-13-12(14)15-11-6-5-9(2)8-10(11)3/h4-8H,1-3H3,(H,13,14). The number of aryl methyl sites for hydroxylation is 2. The van der Waals surface area contributed by atoms with Crippen molar-refractivity contribution in [2.24, 2.45) is 0 Å². The normalized spacial score (nSPS) is 10.3. The average Bonchev–Trinajstić information content (AvgIpc) is 2.19. The van der Waals surface area contributed by atoms with E-state index in [4.69, 9.17) is 4.74 Å². The molecule has 15 heavy (non-hydrogen) atoms. The molecule has 0 spiro atoms. The molecule has 0 aliphatic carbocycles. The molecule has 0 saturated carbocycles. The number of rotatable bonds is 2. The van der Waals surface area contributed by atoms with Crippen LogP contribution >= 0.6 is 0 Å². The third-order valence-corrected chi connectivity index (χ3v) is 1.90. The highest BCUT2D eigenvalue weighted by Gasteiger charge is 2.04. The first-order chi connectivity index (χ1) is 7.13. The molecule has 1 rings (SSSR count). The summed E-state index contributed by atoms with van der Waals surface area (Å²) in [5, 5.41) is 2.48. The molecule has 0 saturated heterocycles. The predicted molar refractivity (Wildman–Crippen MR) is 59.9 cm³/mol. The number of nitrogens with one attached hydrogen (secondary N) is 1. The van der Waals surface area contributed by atoms with Gasteiger partial charge in [-0.1, -0.05) is 23.8 Å². The van der Waals surface area contributed by atoms with Gasteiger partial charge in [-0.3, -0.25) is 5.32 Å². The summed E-state index contributed by atoms with van der Waals surface area (Å²) in [5.74, 6) is 0.586. The van der Waals surface area contributed by atoms with E-state index in [1.54, 1.807) is 12.1 Å². The van der Waals surface area contributed by atoms with Gasteiger partial charge in [-0.05, 0) is 32.4 Å². The Balaban J connectivity index is 2.68. The molecule has 0 heterocycles. The highest BCUT2D eigenvalue weighted by Crippen LogP contribution is 2.18. The second kappa shape index (κ2) is 5.20. The molecule has 1 amide bonds. The smallest absolute Gasteiger partial charge is 0.410 e. The van der Waals surface area contributed by atoms with Crippen molar-refractivity contribution in [2.75, 3.05) is 0 Å². The number of benzene rings is 1. The molecule has 0 aliphatic heterocycles. The lowest BCUT2D eigenvalue weighted by Crippen LogP contribution is -2.21. The van der Waals surface area contributed by atoms with E-state index in [2.05, 4.69) is 5.32 Å². The molecular formula is C12H15NO2. The van der Waals surface area contributed by atoms with Crippen LogP contribution in [-0.4, -0.2) is 6.09 Å². The molecule has 80 valence electrons. The average molecular weight is 205 g/mol. The van der Waals surface area contributed by atoms with E-state index in [0.29, 0.717) is 5.75 Å². The Kier molecular flexibility index (Phi) is 3.92. The van der Waals surface area contributed by atoms with E-state index in [1.165, 1.54) is 6.20 Å². The van der Waals surface area contributed by atoms with Crippen molar-refractivity contribution in [2.45, 2.75) is 20.8 Å². The quantitative estimate of drug-likeness (QED) is 0.806. The number of ether oxygens (including phenoxy) is 1. The van der Waals surface area contributed by atoms with Crippen LogP contribution in [-0.2, 0) is 0 Å². The number of carbonyl (C=O) groups is 1. The number of allylic oxidation sites excluding steroid dienone is 1. The fourth-order valence-electron chi connectivity index (χ4n) is 1.19. The summed E-state index contributed by atoms with van der Waals surface area (Å²) >= 11 is 0. The van der Waals surface area contributed by atoms with Crippen LogP contribution in [0.2, 0.25) is 0 Å². The van der Waals surface area contributed by atoms with Gasteiger partial charge in [-0.2, -0.15) is 0 Å². The zero-order valence-corrected chi connectivity index (χ0v) is 9.20. The molecule has 0 unspecified atom stereocenters. The van der Waals surface area contributed by atoms with E-state index in [0.717, 1.165) is 11.1 Å². The van der Waals surface area contributed by atoms with Gasteiger partial charge < -0.3 is 4.74 Å². The lowest BCUT2D eigenvalue weighted by atomic mass is 10.1. The molecule has 0 bridgehead atoms. The Morgan fingerprint density at radius 3 is 2.73 bits per heavy atom. The summed E-state index contributed by atoms with van der Waals surface area (Å²) < 4.78 is 5.10. The van der Waals surface area contributed by atoms with Crippen LogP contribution < -0.4 is 10.1 Å². The van der Waals surface area contributed by atoms with Gasteiger partial charge in [0.15, 0.2) is 0 Å². The Hall–Kier alpha value is -1.77. The van der Waals surface area contributed by atoms with Gasteiger partial charge in [-0.25, -0.2) is 4.79 Å². The molecule has 3 heteroatoms. The fourth-order valence-corrected chi connectivity index (χ4v) is 1.19. The molecule has 1 N–H and O–H groups in total. The highest BCUT2D eigenvalue weighted by molar-refractivity contribution is 5.71. The van der Waals surface area contributed by atoms with Gasteiger partial charge in [0, 0.05) is 6.20 Å². The SMILES string of the molecule is CC=CNC(=O)Oc1ccc(C)cc1C. The van der Waals surface area contributed by atoms with Crippen molar-refractivity contribution >= 4 is 6.09 Å². The first-order valence-electron chi connectivity index (χ1n) is 4.80. The van der Waals surface area contributed by atoms with Crippen molar-refractivity contribution < 1.29 is 9.53 Å². The maximum atomic E-state index is 11.2. The van der Waals surface area contributed by atoms with Gasteiger partial charge in [0.2, 0.25) is 0 Å². The summed E-state index contributed by atoms with van der Waals surface area (Å²) in [6.07, 6.45) is 2.79. The molecule has 0 aromatic heterocycles. The molecule has 3 nitrogen and oxygen atoms in total. The first-order valence-corrected chi connectivity index (χ1v) is 4.80. The maximum Gasteiger partial charge on any atom is 0.416 e. The second-order valence-electron chi connectivity index (χ2n) is 3.30. The Labute approximate surface area is 89.8 Å². The van der Waals surface area contributed by atoms with Gasteiger partial charge in [-0.15, -0.1) is 0 Å². The lowest BCUT2D eigenvalue weighted by Gasteiger charge is -2.07. The zero-order valence-electron chi connectivity index (χ0n) is 9.20. The predicted octanol–water partition coefficient (Wildman–Crippen LogP) is 2.93. The van der Waals surface area contributed by atoms with E-state index in [9.17, 15) is 4.79 Å². The van der Waals surface area contributed by atoms with E-state index < -0.39 is 6.09 Å². The van der Waals surface area contributed by atoms with Crippen LogP contribution in [0.25, 0.3) is 0 Å². The van der Waals surface area contributed by atoms with Crippen LogP contribution in [0.4, 0.5) is 4.79 Å². The van der Waals surface area contributed by atoms with Crippen molar-refractivity contribution in [1.29, 1.82) is 0 Å². The lowest BCUT2D eigenvalue weighted by molar-refractivity contribution is 0.204. The minimum Gasteiger partial charge on any atom is -0.410 e. The first kappa shape index (κ1) is 11.3. The molecule has 1 aromatic carbocycles. The minimum atomic E-state index is -0.472. The third-order valence-electron chi connectivity index (χ3n) is 1.90. The summed E-state index contributed by atoms with van der Waals surface area (Å²) in [5.41, 5.74) is 2.10. The Bertz CT molecular complexity index is 383. The molecule has 0 aliphatic rings. The Morgan fingerprint density at radius 1 is 1.40 bits per heavy atom. The third kappa shape index (κ3) is 3.46. The largest absolute Gasteiger partial charge is 0.416 e. The van der Waals surface area contributed by atoms with Crippen molar-refractivity contribution in [3.63, 3.8) is 0 Å². The molecular weight excluding hydrogens is 190 g/mol. The highest BCUT2D eigenvalue weighted by atomic mass is 16.6. The minimum absolute atomic E-state index is 0.472. The van der Waals surface area contributed by atoms with E-state index >= 15 is 0 Å². The van der Waals surface area contributed by atoms with Gasteiger partial charge in [0.05, 0.1) is 0 Å². The maximum absolute atomic E-state index is 11.2. The monoisotopic (exact) mass is 205 g/mol. The second-order valence-corrected chi connectivity index (χ2v) is 3.30. The van der Waals surface area contributed by atoms with Crippen LogP contribution in [0, 0.1) is 13.8 Å². The zero-order chi connectivity index (χ0) is 11.3.